The van der Waals surface area contributed by atoms with Crippen LogP contribution in [0.1, 0.15) is 46.5 Å². The molecule has 2 fully saturated rings. The molecule has 0 aliphatic heterocycles. The maximum absolute atomic E-state index is 11.9. The molecule has 3 unspecified atom stereocenters. The first-order chi connectivity index (χ1) is 9.27. The lowest BCUT2D eigenvalue weighted by molar-refractivity contribution is -0.156. The van der Waals surface area contributed by atoms with Gasteiger partial charge in [-0.1, -0.05) is 20.8 Å². The van der Waals surface area contributed by atoms with Gasteiger partial charge in [0.15, 0.2) is 0 Å². The molecule has 0 saturated heterocycles. The Bertz CT molecular complexity index is 407. The highest BCUT2D eigenvalue weighted by Crippen LogP contribution is 2.66. The quantitative estimate of drug-likeness (QED) is 0.603. The monoisotopic (exact) mass is 300 g/mol. The number of hydrogen-bond donors (Lipinski definition) is 1. The summed E-state index contributed by atoms with van der Waals surface area (Å²) in [5.41, 5.74) is 0.345. The van der Waals surface area contributed by atoms with E-state index in [0.717, 1.165) is 12.8 Å². The molecule has 0 aromatic carbocycles. The van der Waals surface area contributed by atoms with Gasteiger partial charge in [-0.2, -0.15) is 0 Å². The summed E-state index contributed by atoms with van der Waals surface area (Å²) in [5.74, 6) is 0.195. The van der Waals surface area contributed by atoms with Crippen LogP contribution in [0.5, 0.6) is 0 Å². The van der Waals surface area contributed by atoms with Gasteiger partial charge < -0.3 is 9.84 Å². The third kappa shape index (κ3) is 2.69. The standard InChI is InChI=1S/C15H24O4S/c1-14(2)10-4-6-15(14,3)11(8-10)19-13(18)5-7-20-9-12(16)17/h10-11H,4-9H2,1-3H3,(H,16,17). The second-order valence-electron chi connectivity index (χ2n) is 6.79. The van der Waals surface area contributed by atoms with Crippen LogP contribution in [-0.4, -0.2) is 34.7 Å². The maximum atomic E-state index is 11.9. The molecule has 114 valence electrons. The van der Waals surface area contributed by atoms with Gasteiger partial charge in [-0.05, 0) is 30.6 Å². The fraction of sp³-hybridized carbons (Fsp3) is 0.867. The molecule has 4 nitrogen and oxygen atoms in total. The molecule has 0 heterocycles. The molecule has 3 atom stereocenters. The van der Waals surface area contributed by atoms with E-state index >= 15 is 0 Å². The third-order valence-corrected chi connectivity index (χ3v) is 6.61. The van der Waals surface area contributed by atoms with Crippen molar-refractivity contribution >= 4 is 23.7 Å². The van der Waals surface area contributed by atoms with Gasteiger partial charge in [0.25, 0.3) is 0 Å². The number of hydrogen-bond acceptors (Lipinski definition) is 4. The molecule has 0 aromatic rings. The van der Waals surface area contributed by atoms with Crippen molar-refractivity contribution in [3.63, 3.8) is 0 Å². The Hall–Kier alpha value is -0.710. The van der Waals surface area contributed by atoms with Crippen LogP contribution >= 0.6 is 11.8 Å². The van der Waals surface area contributed by atoms with Crippen molar-refractivity contribution < 1.29 is 19.4 Å². The summed E-state index contributed by atoms with van der Waals surface area (Å²) < 4.78 is 5.69. The number of rotatable bonds is 6. The zero-order valence-corrected chi connectivity index (χ0v) is 13.3. The average Bonchev–Trinajstić information content (AvgIpc) is 2.67. The molecule has 0 aromatic heterocycles. The molecule has 20 heavy (non-hydrogen) atoms. The van der Waals surface area contributed by atoms with Crippen molar-refractivity contribution in [2.75, 3.05) is 11.5 Å². The van der Waals surface area contributed by atoms with Crippen molar-refractivity contribution in [2.45, 2.75) is 52.6 Å². The molecule has 2 rings (SSSR count). The number of carboxylic acid groups (broad SMARTS) is 1. The summed E-state index contributed by atoms with van der Waals surface area (Å²) in [7, 11) is 0. The molecule has 2 aliphatic rings. The summed E-state index contributed by atoms with van der Waals surface area (Å²) in [6, 6.07) is 0. The van der Waals surface area contributed by atoms with Gasteiger partial charge in [-0.25, -0.2) is 0 Å². The van der Waals surface area contributed by atoms with Crippen molar-refractivity contribution in [3.05, 3.63) is 0 Å². The predicted molar refractivity (Wildman–Crippen MR) is 78.7 cm³/mol. The predicted octanol–water partition coefficient (Wildman–Crippen LogP) is 2.95. The normalized spacial score (nSPS) is 34.1. The first-order valence-corrected chi connectivity index (χ1v) is 8.42. The SMILES string of the molecule is CC1(C)C2CCC1(C)C(OC(=O)CCSCC(=O)O)C2. The van der Waals surface area contributed by atoms with E-state index in [-0.39, 0.29) is 28.7 Å². The number of esters is 1. The number of thioether (sulfide) groups is 1. The van der Waals surface area contributed by atoms with E-state index in [9.17, 15) is 9.59 Å². The van der Waals surface area contributed by atoms with Gasteiger partial charge in [-0.3, -0.25) is 9.59 Å². The largest absolute Gasteiger partial charge is 0.481 e. The van der Waals surface area contributed by atoms with Crippen LogP contribution in [0.15, 0.2) is 0 Å². The highest BCUT2D eigenvalue weighted by Gasteiger charge is 2.62. The Labute approximate surface area is 124 Å². The Balaban J connectivity index is 1.80. The lowest BCUT2D eigenvalue weighted by Crippen LogP contribution is -2.38. The molecule has 2 saturated carbocycles. The number of fused-ring (bicyclic) bond motifs is 2. The number of carboxylic acids is 1. The first-order valence-electron chi connectivity index (χ1n) is 7.26. The molecule has 0 amide bonds. The Morgan fingerprint density at radius 1 is 1.35 bits per heavy atom. The fourth-order valence-electron chi connectivity index (χ4n) is 3.84. The number of ether oxygens (including phenoxy) is 1. The second kappa shape index (κ2) is 5.58. The topological polar surface area (TPSA) is 63.6 Å². The molecule has 2 aliphatic carbocycles. The summed E-state index contributed by atoms with van der Waals surface area (Å²) >= 11 is 1.26. The summed E-state index contributed by atoms with van der Waals surface area (Å²) in [4.78, 5) is 22.3. The minimum absolute atomic E-state index is 0.0354. The summed E-state index contributed by atoms with van der Waals surface area (Å²) in [5, 5.41) is 8.53. The van der Waals surface area contributed by atoms with Crippen LogP contribution in [0.4, 0.5) is 0 Å². The maximum Gasteiger partial charge on any atom is 0.313 e. The molecule has 0 spiro atoms. The van der Waals surface area contributed by atoms with Crippen LogP contribution < -0.4 is 0 Å². The van der Waals surface area contributed by atoms with Crippen molar-refractivity contribution in [1.82, 2.24) is 0 Å². The van der Waals surface area contributed by atoms with E-state index < -0.39 is 5.97 Å². The van der Waals surface area contributed by atoms with Gasteiger partial charge in [0.2, 0.25) is 0 Å². The van der Waals surface area contributed by atoms with E-state index in [1.54, 1.807) is 0 Å². The van der Waals surface area contributed by atoms with E-state index in [1.165, 1.54) is 18.2 Å². The highest BCUT2D eigenvalue weighted by molar-refractivity contribution is 7.99. The smallest absolute Gasteiger partial charge is 0.313 e. The third-order valence-electron chi connectivity index (χ3n) is 5.66. The van der Waals surface area contributed by atoms with Gasteiger partial charge >= 0.3 is 11.9 Å². The second-order valence-corrected chi connectivity index (χ2v) is 7.89. The lowest BCUT2D eigenvalue weighted by atomic mass is 9.70. The summed E-state index contributed by atoms with van der Waals surface area (Å²) in [6.07, 6.45) is 3.70. The van der Waals surface area contributed by atoms with Gasteiger partial charge in [0, 0.05) is 11.2 Å². The number of aliphatic carboxylic acids is 1. The molecule has 1 N–H and O–H groups in total. The van der Waals surface area contributed by atoms with Crippen LogP contribution in [0.25, 0.3) is 0 Å². The van der Waals surface area contributed by atoms with Gasteiger partial charge in [-0.15, -0.1) is 11.8 Å². The van der Waals surface area contributed by atoms with E-state index in [1.807, 2.05) is 0 Å². The Morgan fingerprint density at radius 3 is 2.55 bits per heavy atom. The molecule has 5 heteroatoms. The molecule has 0 radical (unpaired) electrons. The van der Waals surface area contributed by atoms with E-state index in [0.29, 0.717) is 18.1 Å². The van der Waals surface area contributed by atoms with Crippen LogP contribution in [0.3, 0.4) is 0 Å². The fourth-order valence-corrected chi connectivity index (χ4v) is 4.47. The molecular weight excluding hydrogens is 276 g/mol. The Kier molecular flexibility index (Phi) is 4.38. The highest BCUT2D eigenvalue weighted by atomic mass is 32.2. The van der Waals surface area contributed by atoms with Crippen LogP contribution in [0.2, 0.25) is 0 Å². The van der Waals surface area contributed by atoms with Crippen molar-refractivity contribution in [2.24, 2.45) is 16.7 Å². The number of carbonyl (C=O) groups is 2. The van der Waals surface area contributed by atoms with E-state index in [2.05, 4.69) is 20.8 Å². The molecular formula is C15H24O4S. The number of carbonyl (C=O) groups excluding carboxylic acids is 1. The zero-order valence-electron chi connectivity index (χ0n) is 12.5. The minimum atomic E-state index is -0.842. The summed E-state index contributed by atoms with van der Waals surface area (Å²) in [6.45, 7) is 6.83. The van der Waals surface area contributed by atoms with Crippen LogP contribution in [-0.2, 0) is 14.3 Å². The Morgan fingerprint density at radius 2 is 2.05 bits per heavy atom. The van der Waals surface area contributed by atoms with Crippen LogP contribution in [0, 0.1) is 16.7 Å². The zero-order chi connectivity index (χ0) is 15.0. The average molecular weight is 300 g/mol. The van der Waals surface area contributed by atoms with Gasteiger partial charge in [0.05, 0.1) is 12.2 Å². The van der Waals surface area contributed by atoms with Crippen molar-refractivity contribution in [1.29, 1.82) is 0 Å². The van der Waals surface area contributed by atoms with Gasteiger partial charge in [0.1, 0.15) is 6.10 Å². The lowest BCUT2D eigenvalue weighted by Gasteiger charge is -2.38. The first kappa shape index (κ1) is 15.7. The minimum Gasteiger partial charge on any atom is -0.481 e. The molecule has 2 bridgehead atoms. The van der Waals surface area contributed by atoms with Crippen molar-refractivity contribution in [3.8, 4) is 0 Å². The van der Waals surface area contributed by atoms with E-state index in [4.69, 9.17) is 9.84 Å².